The standard InChI is InChI=1S/C50H31NS2/c1-3-11-32(12-4-1)35-21-24-42-43-26-23-38(31-48(43)52-47(42)30-35)51(37-22-25-40-36(29-37)20-19-34-15-7-8-16-39(34)40)45-28-27-41(33-13-5-2-6-14-33)50-49(45)44-17-9-10-18-46(44)53-50/h1-31H. The molecule has 11 rings (SSSR count). The predicted molar refractivity (Wildman–Crippen MR) is 233 cm³/mol. The van der Waals surface area contributed by atoms with E-state index in [2.05, 4.69) is 193 Å². The molecule has 0 saturated carbocycles. The van der Waals surface area contributed by atoms with Crippen LogP contribution in [-0.4, -0.2) is 0 Å². The molecule has 3 heteroatoms. The van der Waals surface area contributed by atoms with Crippen molar-refractivity contribution in [2.45, 2.75) is 0 Å². The summed E-state index contributed by atoms with van der Waals surface area (Å²) in [6, 6.07) is 69.2. The third-order valence-electron chi connectivity index (χ3n) is 10.6. The zero-order valence-electron chi connectivity index (χ0n) is 28.7. The fourth-order valence-corrected chi connectivity index (χ4v) is 10.6. The number of rotatable bonds is 5. The number of anilines is 3. The van der Waals surface area contributed by atoms with Crippen molar-refractivity contribution in [3.63, 3.8) is 0 Å². The van der Waals surface area contributed by atoms with Gasteiger partial charge in [0.05, 0.1) is 5.69 Å². The van der Waals surface area contributed by atoms with Crippen molar-refractivity contribution in [2.75, 3.05) is 4.90 Å². The molecule has 1 nitrogen and oxygen atoms in total. The first-order chi connectivity index (χ1) is 26.3. The quantitative estimate of drug-likeness (QED) is 0.161. The van der Waals surface area contributed by atoms with Crippen LogP contribution in [0.2, 0.25) is 0 Å². The molecular weight excluding hydrogens is 679 g/mol. The Morgan fingerprint density at radius 2 is 0.962 bits per heavy atom. The molecule has 2 aromatic heterocycles. The Kier molecular flexibility index (Phi) is 6.97. The highest BCUT2D eigenvalue weighted by Crippen LogP contribution is 2.49. The van der Waals surface area contributed by atoms with Crippen molar-refractivity contribution >= 4 is 102 Å². The molecule has 53 heavy (non-hydrogen) atoms. The van der Waals surface area contributed by atoms with Crippen LogP contribution >= 0.6 is 22.7 Å². The van der Waals surface area contributed by atoms with Crippen molar-refractivity contribution in [3.05, 3.63) is 188 Å². The van der Waals surface area contributed by atoms with Gasteiger partial charge in [0.25, 0.3) is 0 Å². The van der Waals surface area contributed by atoms with Gasteiger partial charge in [0.15, 0.2) is 0 Å². The molecule has 0 N–H and O–H groups in total. The van der Waals surface area contributed by atoms with E-state index in [0.717, 1.165) is 11.4 Å². The molecule has 0 amide bonds. The Balaban J connectivity index is 1.17. The van der Waals surface area contributed by atoms with Gasteiger partial charge in [0.2, 0.25) is 0 Å². The third kappa shape index (κ3) is 4.97. The van der Waals surface area contributed by atoms with E-state index in [1.807, 2.05) is 22.7 Å². The summed E-state index contributed by atoms with van der Waals surface area (Å²) in [4.78, 5) is 2.49. The van der Waals surface area contributed by atoms with Crippen molar-refractivity contribution < 1.29 is 0 Å². The van der Waals surface area contributed by atoms with Gasteiger partial charge in [-0.1, -0.05) is 146 Å². The van der Waals surface area contributed by atoms with E-state index < -0.39 is 0 Å². The summed E-state index contributed by atoms with van der Waals surface area (Å²) in [6.45, 7) is 0. The van der Waals surface area contributed by atoms with Crippen LogP contribution < -0.4 is 4.90 Å². The normalized spacial score (nSPS) is 11.8. The second-order valence-electron chi connectivity index (χ2n) is 13.7. The van der Waals surface area contributed by atoms with Gasteiger partial charge in [-0.05, 0) is 86.3 Å². The van der Waals surface area contributed by atoms with E-state index in [4.69, 9.17) is 0 Å². The molecule has 0 aliphatic carbocycles. The topological polar surface area (TPSA) is 3.24 Å². The zero-order valence-corrected chi connectivity index (χ0v) is 30.3. The van der Waals surface area contributed by atoms with Crippen LogP contribution in [-0.2, 0) is 0 Å². The Bertz CT molecular complexity index is 3170. The summed E-state index contributed by atoms with van der Waals surface area (Å²) in [7, 11) is 0. The highest BCUT2D eigenvalue weighted by Gasteiger charge is 2.22. The minimum atomic E-state index is 1.14. The van der Waals surface area contributed by atoms with Gasteiger partial charge < -0.3 is 4.90 Å². The molecule has 0 aliphatic rings. The van der Waals surface area contributed by atoms with E-state index >= 15 is 0 Å². The van der Waals surface area contributed by atoms with Crippen LogP contribution in [0.1, 0.15) is 0 Å². The maximum atomic E-state index is 2.49. The summed E-state index contributed by atoms with van der Waals surface area (Å²) < 4.78 is 5.20. The average Bonchev–Trinajstić information content (AvgIpc) is 3.80. The monoisotopic (exact) mass is 709 g/mol. The maximum absolute atomic E-state index is 2.49. The summed E-state index contributed by atoms with van der Waals surface area (Å²) in [5.74, 6) is 0. The number of hydrogen-bond acceptors (Lipinski definition) is 3. The fourth-order valence-electron chi connectivity index (χ4n) is 8.12. The van der Waals surface area contributed by atoms with Crippen LogP contribution in [0, 0.1) is 0 Å². The van der Waals surface area contributed by atoms with Crippen molar-refractivity contribution in [3.8, 4) is 22.3 Å². The highest BCUT2D eigenvalue weighted by molar-refractivity contribution is 7.26. The van der Waals surface area contributed by atoms with Gasteiger partial charge in [-0.15, -0.1) is 22.7 Å². The molecule has 9 aromatic carbocycles. The second-order valence-corrected chi connectivity index (χ2v) is 15.8. The Morgan fingerprint density at radius 1 is 0.340 bits per heavy atom. The minimum Gasteiger partial charge on any atom is -0.310 e. The lowest BCUT2D eigenvalue weighted by Gasteiger charge is -2.27. The summed E-state index contributed by atoms with van der Waals surface area (Å²) in [6.07, 6.45) is 0. The Labute approximate surface area is 315 Å². The number of nitrogens with zero attached hydrogens (tertiary/aromatic N) is 1. The molecule has 0 saturated heterocycles. The fraction of sp³-hybridized carbons (Fsp3) is 0. The lowest BCUT2D eigenvalue weighted by molar-refractivity contribution is 1.31. The molecule has 0 spiro atoms. The molecule has 0 bridgehead atoms. The third-order valence-corrected chi connectivity index (χ3v) is 13.0. The van der Waals surface area contributed by atoms with Gasteiger partial charge in [-0.3, -0.25) is 0 Å². The zero-order chi connectivity index (χ0) is 34.9. The first kappa shape index (κ1) is 30.4. The number of hydrogen-bond donors (Lipinski definition) is 0. The first-order valence-corrected chi connectivity index (χ1v) is 19.6. The molecule has 248 valence electrons. The lowest BCUT2D eigenvalue weighted by atomic mass is 9.99. The van der Waals surface area contributed by atoms with Crippen LogP contribution in [0.25, 0.3) is 84.1 Å². The van der Waals surface area contributed by atoms with Crippen molar-refractivity contribution in [2.24, 2.45) is 0 Å². The molecule has 0 atom stereocenters. The molecule has 2 heterocycles. The summed E-state index contributed by atoms with van der Waals surface area (Å²) in [5, 5.41) is 10.2. The minimum absolute atomic E-state index is 1.14. The van der Waals surface area contributed by atoms with E-state index in [-0.39, 0.29) is 0 Å². The molecule has 0 aliphatic heterocycles. The van der Waals surface area contributed by atoms with Gasteiger partial charge >= 0.3 is 0 Å². The van der Waals surface area contributed by atoms with Gasteiger partial charge in [0.1, 0.15) is 0 Å². The Morgan fingerprint density at radius 3 is 1.79 bits per heavy atom. The van der Waals surface area contributed by atoms with Crippen LogP contribution in [0.5, 0.6) is 0 Å². The lowest BCUT2D eigenvalue weighted by Crippen LogP contribution is -2.10. The average molecular weight is 710 g/mol. The van der Waals surface area contributed by atoms with Gasteiger partial charge in [-0.2, -0.15) is 0 Å². The van der Waals surface area contributed by atoms with E-state index in [0.29, 0.717) is 0 Å². The molecule has 0 radical (unpaired) electrons. The number of fused-ring (bicyclic) bond motifs is 9. The van der Waals surface area contributed by atoms with Crippen LogP contribution in [0.15, 0.2) is 188 Å². The number of benzene rings is 9. The van der Waals surface area contributed by atoms with E-state index in [1.54, 1.807) is 0 Å². The molecule has 11 aromatic rings. The molecular formula is C50H31NS2. The molecule has 0 fully saturated rings. The summed E-state index contributed by atoms with van der Waals surface area (Å²) in [5.41, 5.74) is 8.48. The SMILES string of the molecule is c1ccc(-c2ccc3c(c2)sc2cc(N(c4ccc5c(ccc6ccccc65)c4)c4ccc(-c5ccccc5)c5sc6ccccc6c45)ccc23)cc1. The smallest absolute Gasteiger partial charge is 0.0555 e. The van der Waals surface area contributed by atoms with Gasteiger partial charge in [0, 0.05) is 51.7 Å². The first-order valence-electron chi connectivity index (χ1n) is 18.0. The maximum Gasteiger partial charge on any atom is 0.0555 e. The predicted octanol–water partition coefficient (Wildman–Crippen LogP) is 15.5. The van der Waals surface area contributed by atoms with E-state index in [1.165, 1.54) is 89.8 Å². The molecule has 0 unspecified atom stereocenters. The van der Waals surface area contributed by atoms with Crippen LogP contribution in [0.3, 0.4) is 0 Å². The highest BCUT2D eigenvalue weighted by atomic mass is 32.1. The number of thiophene rings is 2. The van der Waals surface area contributed by atoms with Crippen molar-refractivity contribution in [1.82, 2.24) is 0 Å². The Hall–Kier alpha value is -6.26. The van der Waals surface area contributed by atoms with Crippen LogP contribution in [0.4, 0.5) is 17.1 Å². The van der Waals surface area contributed by atoms with Gasteiger partial charge in [-0.25, -0.2) is 0 Å². The van der Waals surface area contributed by atoms with E-state index in [9.17, 15) is 0 Å². The second kappa shape index (κ2) is 12.2. The summed E-state index contributed by atoms with van der Waals surface area (Å²) >= 11 is 3.77. The van der Waals surface area contributed by atoms with Crippen molar-refractivity contribution in [1.29, 1.82) is 0 Å². The largest absolute Gasteiger partial charge is 0.310 e.